The molecule has 0 aliphatic heterocycles. The third kappa shape index (κ3) is 19.0. The zero-order chi connectivity index (χ0) is 38.6. The summed E-state index contributed by atoms with van der Waals surface area (Å²) in [6, 6.07) is -7.74. The SMILES string of the molecule is C[C@H](N)C(=O)N[C@@H](CCCN=C(N)N)C(=O)N[C@H](C(=O)N[C@@H](CCCCN(C)C)C(=O)N[C@@H](CCC(N)=O)C(=O)N[C@H](C=O)[C@@H](C)O)[C@@H](C)O. The van der Waals surface area contributed by atoms with E-state index in [-0.39, 0.29) is 44.6 Å². The van der Waals surface area contributed by atoms with Crippen LogP contribution in [0.3, 0.4) is 0 Å². The van der Waals surface area contributed by atoms with Crippen LogP contribution in [-0.4, -0.2) is 138 Å². The average molecular weight is 716 g/mol. The Balaban J connectivity index is 6.18. The number of hydrogen-bond acceptors (Lipinski definition) is 12. The van der Waals surface area contributed by atoms with Gasteiger partial charge >= 0.3 is 0 Å². The maximum absolute atomic E-state index is 13.6. The van der Waals surface area contributed by atoms with Gasteiger partial charge in [-0.3, -0.25) is 33.8 Å². The van der Waals surface area contributed by atoms with Gasteiger partial charge in [-0.05, 0) is 79.9 Å². The van der Waals surface area contributed by atoms with Crippen molar-refractivity contribution in [3.05, 3.63) is 0 Å². The van der Waals surface area contributed by atoms with Gasteiger partial charge in [0.05, 0.1) is 18.2 Å². The Labute approximate surface area is 292 Å². The number of amides is 6. The number of nitrogens with two attached hydrogens (primary N) is 4. The van der Waals surface area contributed by atoms with Gasteiger partial charge in [0.2, 0.25) is 35.4 Å². The zero-order valence-electron chi connectivity index (χ0n) is 29.5. The fourth-order valence-corrected chi connectivity index (χ4v) is 4.40. The highest BCUT2D eigenvalue weighted by atomic mass is 16.3. The molecule has 0 radical (unpaired) electrons. The number of guanidine groups is 1. The highest BCUT2D eigenvalue weighted by Gasteiger charge is 2.34. The fraction of sp³-hybridized carbons (Fsp3) is 0.733. The number of aldehydes is 1. The minimum atomic E-state index is -1.60. The molecule has 0 aliphatic carbocycles. The number of nitrogens with zero attached hydrogens (tertiary/aromatic N) is 2. The van der Waals surface area contributed by atoms with Crippen molar-refractivity contribution in [1.29, 1.82) is 0 Å². The molecule has 0 rings (SSSR count). The molecule has 0 saturated carbocycles. The second-order valence-electron chi connectivity index (χ2n) is 12.4. The van der Waals surface area contributed by atoms with Crippen molar-refractivity contribution in [1.82, 2.24) is 31.5 Å². The van der Waals surface area contributed by atoms with Crippen molar-refractivity contribution in [2.24, 2.45) is 27.9 Å². The maximum Gasteiger partial charge on any atom is 0.245 e. The smallest absolute Gasteiger partial charge is 0.245 e. The number of unbranched alkanes of at least 4 members (excludes halogenated alkanes) is 1. The van der Waals surface area contributed by atoms with E-state index in [1.165, 1.54) is 20.8 Å². The molecule has 0 aliphatic rings. The van der Waals surface area contributed by atoms with E-state index in [2.05, 4.69) is 31.6 Å². The zero-order valence-corrected chi connectivity index (χ0v) is 29.5. The first-order chi connectivity index (χ1) is 23.3. The molecular formula is C30H57N11O9. The summed E-state index contributed by atoms with van der Waals surface area (Å²) in [5.74, 6) is -5.09. The first-order valence-electron chi connectivity index (χ1n) is 16.4. The first kappa shape index (κ1) is 45.6. The van der Waals surface area contributed by atoms with E-state index in [0.717, 1.165) is 0 Å². The van der Waals surface area contributed by atoms with Gasteiger partial charge in [-0.1, -0.05) is 0 Å². The van der Waals surface area contributed by atoms with E-state index in [9.17, 15) is 43.8 Å². The number of carbonyl (C=O) groups is 7. The Morgan fingerprint density at radius 2 is 1.20 bits per heavy atom. The van der Waals surface area contributed by atoms with Crippen LogP contribution in [0.4, 0.5) is 0 Å². The van der Waals surface area contributed by atoms with Crippen molar-refractivity contribution < 1.29 is 43.8 Å². The van der Waals surface area contributed by atoms with Gasteiger partial charge in [-0.25, -0.2) is 0 Å². The highest BCUT2D eigenvalue weighted by Crippen LogP contribution is 2.08. The molecule has 0 aromatic carbocycles. The number of aliphatic hydroxyl groups is 2. The minimum Gasteiger partial charge on any atom is -0.391 e. The lowest BCUT2D eigenvalue weighted by atomic mass is 10.0. The van der Waals surface area contributed by atoms with Crippen LogP contribution < -0.4 is 49.5 Å². The van der Waals surface area contributed by atoms with E-state index >= 15 is 0 Å². The molecule has 0 bridgehead atoms. The molecule has 8 atom stereocenters. The lowest BCUT2D eigenvalue weighted by Gasteiger charge is -2.28. The van der Waals surface area contributed by atoms with E-state index in [1.54, 1.807) is 0 Å². The molecular weight excluding hydrogens is 658 g/mol. The standard InChI is InChI=1S/C30H57N11O9/c1-16(31)25(46)36-20(10-8-13-35-30(33)34)28(49)40-24(18(3)44)29(50)38-19(9-6-7-14-41(4)5)26(47)37-21(11-12-23(32)45)27(48)39-22(15-42)17(2)43/h15-22,24,43-44H,6-14,31H2,1-5H3,(H2,32,45)(H,36,46)(H,37,47)(H,38,50)(H,39,48)(H,40,49)(H4,33,34,35)/t16-,17+,18+,19-,20-,21-,22+,24-/m0/s1. The lowest BCUT2D eigenvalue weighted by Crippen LogP contribution is -2.61. The fourth-order valence-electron chi connectivity index (χ4n) is 4.40. The van der Waals surface area contributed by atoms with Crippen LogP contribution in [-0.2, 0) is 33.6 Å². The van der Waals surface area contributed by atoms with Crippen molar-refractivity contribution in [2.45, 2.75) is 114 Å². The van der Waals surface area contributed by atoms with Gasteiger partial charge in [0.1, 0.15) is 36.5 Å². The molecule has 6 amide bonds. The second kappa shape index (κ2) is 23.9. The first-order valence-corrected chi connectivity index (χ1v) is 16.4. The number of aliphatic imine (C=N–C) groups is 1. The van der Waals surface area contributed by atoms with Gasteiger partial charge in [0, 0.05) is 13.0 Å². The average Bonchev–Trinajstić information content (AvgIpc) is 3.01. The predicted molar refractivity (Wildman–Crippen MR) is 183 cm³/mol. The Hall–Kier alpha value is -4.40. The summed E-state index contributed by atoms with van der Waals surface area (Å²) in [6.45, 7) is 4.71. The number of carbonyl (C=O) groups excluding carboxylic acids is 7. The van der Waals surface area contributed by atoms with Crippen molar-refractivity contribution >= 4 is 47.7 Å². The summed E-state index contributed by atoms with van der Waals surface area (Å²) in [5, 5.41) is 32.5. The predicted octanol–water partition coefficient (Wildman–Crippen LogP) is -5.23. The summed E-state index contributed by atoms with van der Waals surface area (Å²) in [5.41, 5.74) is 21.6. The number of nitrogens with one attached hydrogen (secondary N) is 5. The quantitative estimate of drug-likeness (QED) is 0.0182. The largest absolute Gasteiger partial charge is 0.391 e. The van der Waals surface area contributed by atoms with Gasteiger partial charge in [0.25, 0.3) is 0 Å². The van der Waals surface area contributed by atoms with E-state index in [0.29, 0.717) is 25.7 Å². The number of aliphatic hydroxyl groups excluding tert-OH is 2. The third-order valence-electron chi connectivity index (χ3n) is 7.32. The van der Waals surface area contributed by atoms with Crippen LogP contribution in [0.25, 0.3) is 0 Å². The molecule has 0 heterocycles. The summed E-state index contributed by atoms with van der Waals surface area (Å²) in [6.07, 6.45) is -1.59. The van der Waals surface area contributed by atoms with Crippen LogP contribution in [0.15, 0.2) is 4.99 Å². The number of rotatable bonds is 25. The van der Waals surface area contributed by atoms with Gasteiger partial charge in [-0.15, -0.1) is 0 Å². The highest BCUT2D eigenvalue weighted by molar-refractivity contribution is 5.96. The molecule has 0 fully saturated rings. The molecule has 286 valence electrons. The Kier molecular flexibility index (Phi) is 21.8. The molecule has 0 spiro atoms. The Morgan fingerprint density at radius 3 is 1.68 bits per heavy atom. The van der Waals surface area contributed by atoms with Crippen LogP contribution in [0, 0.1) is 0 Å². The molecule has 20 nitrogen and oxygen atoms in total. The molecule has 20 heteroatoms. The van der Waals surface area contributed by atoms with Crippen molar-refractivity contribution in [3.63, 3.8) is 0 Å². The maximum atomic E-state index is 13.6. The third-order valence-corrected chi connectivity index (χ3v) is 7.32. The second-order valence-corrected chi connectivity index (χ2v) is 12.4. The normalized spacial score (nSPS) is 15.9. The molecule has 15 N–H and O–H groups in total. The lowest BCUT2D eigenvalue weighted by molar-refractivity contribution is -0.136. The van der Waals surface area contributed by atoms with Gasteiger partial charge in [0.15, 0.2) is 5.96 Å². The van der Waals surface area contributed by atoms with Crippen LogP contribution in [0.5, 0.6) is 0 Å². The molecule has 0 unspecified atom stereocenters. The number of primary amides is 1. The van der Waals surface area contributed by atoms with Crippen molar-refractivity contribution in [2.75, 3.05) is 27.2 Å². The summed E-state index contributed by atoms with van der Waals surface area (Å²) in [7, 11) is 3.71. The van der Waals surface area contributed by atoms with Crippen LogP contribution >= 0.6 is 0 Å². The van der Waals surface area contributed by atoms with Gasteiger partial charge in [-0.2, -0.15) is 0 Å². The van der Waals surface area contributed by atoms with Crippen LogP contribution in [0.2, 0.25) is 0 Å². The van der Waals surface area contributed by atoms with Gasteiger partial charge < -0.3 is 69.4 Å². The monoisotopic (exact) mass is 715 g/mol. The minimum absolute atomic E-state index is 0.0426. The molecule has 0 saturated heterocycles. The topological polar surface area (TPSA) is 340 Å². The van der Waals surface area contributed by atoms with Crippen LogP contribution in [0.1, 0.15) is 65.7 Å². The molecule has 0 aromatic heterocycles. The Bertz CT molecular complexity index is 1160. The summed E-state index contributed by atoms with van der Waals surface area (Å²) < 4.78 is 0. The Morgan fingerprint density at radius 1 is 0.700 bits per heavy atom. The van der Waals surface area contributed by atoms with E-state index in [4.69, 9.17) is 22.9 Å². The summed E-state index contributed by atoms with van der Waals surface area (Å²) >= 11 is 0. The molecule has 50 heavy (non-hydrogen) atoms. The van der Waals surface area contributed by atoms with E-state index in [1.807, 2.05) is 19.0 Å². The number of hydrogen-bond donors (Lipinski definition) is 11. The van der Waals surface area contributed by atoms with E-state index < -0.39 is 83.9 Å². The molecule has 0 aromatic rings. The summed E-state index contributed by atoms with van der Waals surface area (Å²) in [4.78, 5) is 94.3. The van der Waals surface area contributed by atoms with Crippen molar-refractivity contribution in [3.8, 4) is 0 Å².